The van der Waals surface area contributed by atoms with Crippen LogP contribution in [0.4, 0.5) is 5.69 Å². The van der Waals surface area contributed by atoms with Crippen molar-refractivity contribution in [1.82, 2.24) is 4.31 Å². The van der Waals surface area contributed by atoms with Crippen LogP contribution in [0, 0.1) is 11.8 Å². The van der Waals surface area contributed by atoms with Crippen molar-refractivity contribution in [3.63, 3.8) is 0 Å². The highest BCUT2D eigenvalue weighted by Gasteiger charge is 2.48. The number of hydrogen-bond donors (Lipinski definition) is 1. The molecule has 0 spiro atoms. The number of carbonyl (C=O) groups excluding carboxylic acids is 1. The lowest BCUT2D eigenvalue weighted by Gasteiger charge is -2.48. The first kappa shape index (κ1) is 20.4. The average Bonchev–Trinajstić information content (AvgIpc) is 3.25. The fraction of sp³-hybridized carbons (Fsp3) is 0.476. The zero-order valence-electron chi connectivity index (χ0n) is 16.6. The Balaban J connectivity index is 1.49. The largest absolute Gasteiger partial charge is 0.491 e. The van der Waals surface area contributed by atoms with Gasteiger partial charge in [0.15, 0.2) is 0 Å². The van der Waals surface area contributed by atoms with Crippen molar-refractivity contribution in [1.29, 1.82) is 0 Å². The van der Waals surface area contributed by atoms with Crippen molar-refractivity contribution in [3.05, 3.63) is 41.1 Å². The molecule has 2 bridgehead atoms. The highest BCUT2D eigenvalue weighted by atomic mass is 32.2. The van der Waals surface area contributed by atoms with Crippen LogP contribution in [0.5, 0.6) is 5.75 Å². The molecule has 1 aromatic carbocycles. The van der Waals surface area contributed by atoms with Gasteiger partial charge in [-0.05, 0) is 74.7 Å². The molecule has 156 valence electrons. The van der Waals surface area contributed by atoms with E-state index in [1.54, 1.807) is 21.1 Å². The zero-order valence-corrected chi connectivity index (χ0v) is 18.2. The second-order valence-corrected chi connectivity index (χ2v) is 10.7. The fourth-order valence-corrected chi connectivity index (χ4v) is 7.14. The maximum atomic E-state index is 13.1. The van der Waals surface area contributed by atoms with Crippen LogP contribution in [-0.4, -0.2) is 37.3 Å². The van der Waals surface area contributed by atoms with E-state index in [4.69, 9.17) is 4.74 Å². The molecule has 3 aliphatic rings. The Bertz CT molecular complexity index is 955. The Kier molecular flexibility index (Phi) is 5.68. The van der Waals surface area contributed by atoms with Gasteiger partial charge in [-0.1, -0.05) is 0 Å². The molecule has 3 atom stereocenters. The predicted molar refractivity (Wildman–Crippen MR) is 114 cm³/mol. The molecule has 5 rings (SSSR count). The van der Waals surface area contributed by atoms with Gasteiger partial charge >= 0.3 is 0 Å². The van der Waals surface area contributed by atoms with Gasteiger partial charge in [0, 0.05) is 23.7 Å². The number of sulfonamides is 1. The first-order valence-corrected chi connectivity index (χ1v) is 12.3. The Morgan fingerprint density at radius 3 is 2.59 bits per heavy atom. The van der Waals surface area contributed by atoms with Gasteiger partial charge in [0.1, 0.15) is 5.75 Å². The quantitative estimate of drug-likeness (QED) is 0.747. The number of fused-ring (bicyclic) bond motifs is 3. The molecule has 1 aliphatic carbocycles. The second-order valence-electron chi connectivity index (χ2n) is 8.07. The minimum Gasteiger partial charge on any atom is -0.491 e. The van der Waals surface area contributed by atoms with Gasteiger partial charge in [-0.2, -0.15) is 15.6 Å². The summed E-state index contributed by atoms with van der Waals surface area (Å²) in [5.74, 6) is 0.540. The van der Waals surface area contributed by atoms with E-state index in [9.17, 15) is 13.2 Å². The Labute approximate surface area is 175 Å². The smallest absolute Gasteiger partial charge is 0.244 e. The number of nitrogens with zero attached hydrogens (tertiary/aromatic N) is 1. The third kappa shape index (κ3) is 4.20. The summed E-state index contributed by atoms with van der Waals surface area (Å²) >= 11 is 1.37. The number of piperidine rings is 2. The molecule has 2 aliphatic heterocycles. The van der Waals surface area contributed by atoms with Gasteiger partial charge in [-0.25, -0.2) is 8.42 Å². The SMILES string of the molecule is CC(C)Oc1ccc(NC(=O)[C@@H]2C[C@@H]3CC[C@@H]2N(S(=O)(=O)c2ccsc2)C3)cc1. The Morgan fingerprint density at radius 1 is 1.21 bits per heavy atom. The van der Waals surface area contributed by atoms with Crippen LogP contribution in [0.15, 0.2) is 46.0 Å². The monoisotopic (exact) mass is 434 g/mol. The van der Waals surface area contributed by atoms with Crippen molar-refractivity contribution < 1.29 is 17.9 Å². The summed E-state index contributed by atoms with van der Waals surface area (Å²) < 4.78 is 33.4. The number of amides is 1. The van der Waals surface area contributed by atoms with Crippen molar-refractivity contribution in [2.24, 2.45) is 11.8 Å². The maximum absolute atomic E-state index is 13.1. The molecule has 0 unspecified atom stereocenters. The molecule has 2 aromatic rings. The van der Waals surface area contributed by atoms with E-state index in [-0.39, 0.29) is 29.9 Å². The summed E-state index contributed by atoms with van der Waals surface area (Å²) in [4.78, 5) is 13.3. The molecule has 1 N–H and O–H groups in total. The highest BCUT2D eigenvalue weighted by Crippen LogP contribution is 2.42. The number of nitrogens with one attached hydrogen (secondary N) is 1. The Morgan fingerprint density at radius 2 is 1.97 bits per heavy atom. The summed E-state index contributed by atoms with van der Waals surface area (Å²) in [6, 6.07) is 8.64. The first-order chi connectivity index (χ1) is 13.8. The van der Waals surface area contributed by atoms with Crippen molar-refractivity contribution in [2.75, 3.05) is 11.9 Å². The molecule has 1 aromatic heterocycles. The summed E-state index contributed by atoms with van der Waals surface area (Å²) in [7, 11) is -3.56. The first-order valence-electron chi connectivity index (χ1n) is 9.96. The van der Waals surface area contributed by atoms with Crippen LogP contribution in [0.2, 0.25) is 0 Å². The van der Waals surface area contributed by atoms with Gasteiger partial charge in [0.05, 0.1) is 16.9 Å². The molecule has 3 fully saturated rings. The van der Waals surface area contributed by atoms with E-state index in [0.717, 1.165) is 25.0 Å². The number of carbonyl (C=O) groups is 1. The summed E-state index contributed by atoms with van der Waals surface area (Å²) in [6.45, 7) is 4.43. The molecule has 8 heteroatoms. The Hall–Kier alpha value is -1.90. The number of anilines is 1. The lowest BCUT2D eigenvalue weighted by atomic mass is 9.73. The molecule has 1 saturated carbocycles. The minimum absolute atomic E-state index is 0.0874. The van der Waals surface area contributed by atoms with E-state index >= 15 is 0 Å². The molecule has 1 amide bonds. The van der Waals surface area contributed by atoms with Gasteiger partial charge in [-0.3, -0.25) is 4.79 Å². The van der Waals surface area contributed by atoms with Crippen LogP contribution < -0.4 is 10.1 Å². The average molecular weight is 435 g/mol. The molecule has 3 heterocycles. The van der Waals surface area contributed by atoms with Crippen LogP contribution in [0.1, 0.15) is 33.1 Å². The van der Waals surface area contributed by atoms with Crippen LogP contribution in [0.3, 0.4) is 0 Å². The summed E-state index contributed by atoms with van der Waals surface area (Å²) in [6.07, 6.45) is 2.53. The van der Waals surface area contributed by atoms with Crippen molar-refractivity contribution in [2.45, 2.75) is 50.2 Å². The van der Waals surface area contributed by atoms with E-state index in [2.05, 4.69) is 5.32 Å². The third-order valence-electron chi connectivity index (χ3n) is 5.66. The summed E-state index contributed by atoms with van der Waals surface area (Å²) in [5.41, 5.74) is 0.694. The van der Waals surface area contributed by atoms with Gasteiger partial charge < -0.3 is 10.1 Å². The van der Waals surface area contributed by atoms with Crippen molar-refractivity contribution >= 4 is 33.0 Å². The molecule has 6 nitrogen and oxygen atoms in total. The normalized spacial score (nSPS) is 24.6. The lowest BCUT2D eigenvalue weighted by molar-refractivity contribution is -0.125. The topological polar surface area (TPSA) is 75.7 Å². The zero-order chi connectivity index (χ0) is 20.6. The van der Waals surface area contributed by atoms with Gasteiger partial charge in [0.2, 0.25) is 15.9 Å². The predicted octanol–water partition coefficient (Wildman–Crippen LogP) is 3.96. The van der Waals surface area contributed by atoms with Gasteiger partial charge in [-0.15, -0.1) is 0 Å². The molecular weight excluding hydrogens is 408 g/mol. The summed E-state index contributed by atoms with van der Waals surface area (Å²) in [5, 5.41) is 6.40. The van der Waals surface area contributed by atoms with E-state index in [0.29, 0.717) is 17.1 Å². The number of thiophene rings is 1. The van der Waals surface area contributed by atoms with E-state index < -0.39 is 10.0 Å². The molecule has 2 saturated heterocycles. The van der Waals surface area contributed by atoms with Crippen LogP contribution >= 0.6 is 11.3 Å². The number of benzene rings is 1. The van der Waals surface area contributed by atoms with E-state index in [1.165, 1.54) is 11.3 Å². The van der Waals surface area contributed by atoms with E-state index in [1.807, 2.05) is 38.1 Å². The number of ether oxygens (including phenoxy) is 1. The highest BCUT2D eigenvalue weighted by molar-refractivity contribution is 7.89. The molecular formula is C21H26N2O4S2. The second kappa shape index (κ2) is 8.08. The van der Waals surface area contributed by atoms with Crippen LogP contribution in [-0.2, 0) is 14.8 Å². The standard InChI is InChI=1S/C21H26N2O4S2/c1-14(2)27-17-6-4-16(5-7-17)22-21(24)19-11-15-3-8-20(19)23(12-15)29(25,26)18-9-10-28-13-18/h4-7,9-10,13-15,19-20H,3,8,11-12H2,1-2H3,(H,22,24)/t15-,19+,20-/m0/s1. The minimum atomic E-state index is -3.56. The number of hydrogen-bond acceptors (Lipinski definition) is 5. The van der Waals surface area contributed by atoms with Crippen molar-refractivity contribution in [3.8, 4) is 5.75 Å². The third-order valence-corrected chi connectivity index (χ3v) is 8.38. The van der Waals surface area contributed by atoms with Crippen LogP contribution in [0.25, 0.3) is 0 Å². The fourth-order valence-electron chi connectivity index (χ4n) is 4.36. The maximum Gasteiger partial charge on any atom is 0.244 e. The van der Waals surface area contributed by atoms with Gasteiger partial charge in [0.25, 0.3) is 0 Å². The molecule has 29 heavy (non-hydrogen) atoms. The lowest BCUT2D eigenvalue weighted by Crippen LogP contribution is -2.57. The number of rotatable bonds is 6. The molecule has 0 radical (unpaired) electrons.